The zero-order chi connectivity index (χ0) is 10.6. The van der Waals surface area contributed by atoms with Crippen molar-refractivity contribution in [1.29, 1.82) is 0 Å². The summed E-state index contributed by atoms with van der Waals surface area (Å²) < 4.78 is 0. The van der Waals surface area contributed by atoms with E-state index in [1.807, 2.05) is 6.08 Å². The van der Waals surface area contributed by atoms with Crippen LogP contribution in [0.1, 0.15) is 19.3 Å². The van der Waals surface area contributed by atoms with Crippen molar-refractivity contribution in [2.24, 2.45) is 5.41 Å². The smallest absolute Gasteiger partial charge is 0.105 e. The highest BCUT2D eigenvalue weighted by atomic mass is 35.5. The van der Waals surface area contributed by atoms with Gasteiger partial charge in [-0.3, -0.25) is 0 Å². The standard InChI is InChI=1S/C12H17ClN2/c1-9(13)5-11-14(2)7-10-6-12(3-4-12)8-15(10)11/h5,10H,1,3-4,6-8H2,2H3/b11-5+. The highest BCUT2D eigenvalue weighted by molar-refractivity contribution is 6.30. The van der Waals surface area contributed by atoms with Crippen molar-refractivity contribution in [2.75, 3.05) is 20.1 Å². The average Bonchev–Trinajstić information content (AvgIpc) is 2.71. The number of nitrogens with zero attached hydrogens (tertiary/aromatic N) is 2. The summed E-state index contributed by atoms with van der Waals surface area (Å²) in [7, 11) is 2.14. The molecule has 82 valence electrons. The van der Waals surface area contributed by atoms with Crippen LogP contribution in [0, 0.1) is 5.41 Å². The van der Waals surface area contributed by atoms with Crippen LogP contribution in [0.5, 0.6) is 0 Å². The van der Waals surface area contributed by atoms with Gasteiger partial charge in [-0.25, -0.2) is 0 Å². The van der Waals surface area contributed by atoms with E-state index >= 15 is 0 Å². The van der Waals surface area contributed by atoms with Crippen LogP contribution in [0.3, 0.4) is 0 Å². The summed E-state index contributed by atoms with van der Waals surface area (Å²) in [6.45, 7) is 6.14. The second-order valence-corrected chi connectivity index (χ2v) is 5.80. The molecule has 3 rings (SSSR count). The van der Waals surface area contributed by atoms with Crippen molar-refractivity contribution < 1.29 is 0 Å². The van der Waals surface area contributed by atoms with Gasteiger partial charge < -0.3 is 9.80 Å². The number of likely N-dealkylation sites (N-methyl/N-ethyl adjacent to an activating group) is 1. The van der Waals surface area contributed by atoms with Crippen LogP contribution in [-0.4, -0.2) is 36.0 Å². The van der Waals surface area contributed by atoms with Gasteiger partial charge in [0.25, 0.3) is 0 Å². The van der Waals surface area contributed by atoms with Crippen LogP contribution in [0.25, 0.3) is 0 Å². The summed E-state index contributed by atoms with van der Waals surface area (Å²) >= 11 is 5.88. The van der Waals surface area contributed by atoms with E-state index in [0.29, 0.717) is 10.4 Å². The number of hydrogen-bond donors (Lipinski definition) is 0. The maximum absolute atomic E-state index is 5.88. The minimum atomic E-state index is 0.634. The number of halogens is 1. The van der Waals surface area contributed by atoms with E-state index in [1.165, 1.54) is 31.6 Å². The Morgan fingerprint density at radius 3 is 2.93 bits per heavy atom. The van der Waals surface area contributed by atoms with E-state index in [2.05, 4.69) is 23.4 Å². The first kappa shape index (κ1) is 9.59. The Morgan fingerprint density at radius 1 is 1.60 bits per heavy atom. The Kier molecular flexibility index (Phi) is 1.88. The van der Waals surface area contributed by atoms with Gasteiger partial charge in [0, 0.05) is 31.2 Å². The molecule has 2 heterocycles. The zero-order valence-electron chi connectivity index (χ0n) is 9.17. The third-order valence-corrected chi connectivity index (χ3v) is 4.14. The molecule has 3 heteroatoms. The molecule has 3 fully saturated rings. The van der Waals surface area contributed by atoms with Gasteiger partial charge in [-0.15, -0.1) is 0 Å². The Hall–Kier alpha value is -0.630. The minimum Gasteiger partial charge on any atom is -0.359 e. The first-order valence-electron chi connectivity index (χ1n) is 5.64. The van der Waals surface area contributed by atoms with Crippen molar-refractivity contribution in [3.63, 3.8) is 0 Å². The highest BCUT2D eigenvalue weighted by Gasteiger charge is 2.54. The van der Waals surface area contributed by atoms with Crippen molar-refractivity contribution in [2.45, 2.75) is 25.3 Å². The molecule has 2 saturated heterocycles. The largest absolute Gasteiger partial charge is 0.359 e. The molecule has 2 nitrogen and oxygen atoms in total. The number of hydrogen-bond acceptors (Lipinski definition) is 2. The van der Waals surface area contributed by atoms with Gasteiger partial charge in [0.2, 0.25) is 0 Å². The lowest BCUT2D eigenvalue weighted by molar-refractivity contribution is 0.349. The van der Waals surface area contributed by atoms with Crippen LogP contribution in [0.2, 0.25) is 0 Å². The van der Waals surface area contributed by atoms with Crippen LogP contribution in [-0.2, 0) is 0 Å². The number of allylic oxidation sites excluding steroid dienone is 2. The zero-order valence-corrected chi connectivity index (χ0v) is 9.93. The predicted molar refractivity (Wildman–Crippen MR) is 62.5 cm³/mol. The van der Waals surface area contributed by atoms with E-state index in [1.54, 1.807) is 0 Å². The quantitative estimate of drug-likeness (QED) is 0.675. The monoisotopic (exact) mass is 224 g/mol. The van der Waals surface area contributed by atoms with Crippen LogP contribution < -0.4 is 0 Å². The van der Waals surface area contributed by atoms with E-state index in [0.717, 1.165) is 12.6 Å². The summed E-state index contributed by atoms with van der Waals surface area (Å²) in [5.74, 6) is 1.27. The molecule has 0 aromatic carbocycles. The molecule has 0 radical (unpaired) electrons. The first-order chi connectivity index (χ1) is 7.10. The molecule has 2 aliphatic heterocycles. The van der Waals surface area contributed by atoms with Crippen molar-refractivity contribution in [1.82, 2.24) is 9.80 Å². The fourth-order valence-corrected chi connectivity index (χ4v) is 3.19. The normalized spacial score (nSPS) is 34.0. The molecule has 0 amide bonds. The van der Waals surface area contributed by atoms with Gasteiger partial charge >= 0.3 is 0 Å². The predicted octanol–water partition coefficient (Wildman–Crippen LogP) is 2.38. The van der Waals surface area contributed by atoms with Gasteiger partial charge in [-0.05, 0) is 30.8 Å². The van der Waals surface area contributed by atoms with Crippen LogP contribution in [0.15, 0.2) is 23.5 Å². The maximum atomic E-state index is 5.88. The van der Waals surface area contributed by atoms with Crippen molar-refractivity contribution in [3.8, 4) is 0 Å². The molecule has 0 bridgehead atoms. The molecule has 1 saturated carbocycles. The maximum Gasteiger partial charge on any atom is 0.105 e. The van der Waals surface area contributed by atoms with E-state index in [9.17, 15) is 0 Å². The molecule has 1 aliphatic carbocycles. The molecule has 15 heavy (non-hydrogen) atoms. The molecule has 0 N–H and O–H groups in total. The Labute approximate surface area is 96.2 Å². The summed E-state index contributed by atoms with van der Waals surface area (Å²) in [5, 5.41) is 0.634. The molecular weight excluding hydrogens is 208 g/mol. The Bertz CT molecular complexity index is 344. The summed E-state index contributed by atoms with van der Waals surface area (Å²) in [6.07, 6.45) is 6.24. The third kappa shape index (κ3) is 1.46. The van der Waals surface area contributed by atoms with Gasteiger partial charge in [-0.1, -0.05) is 18.2 Å². The van der Waals surface area contributed by atoms with Crippen LogP contribution >= 0.6 is 11.6 Å². The van der Waals surface area contributed by atoms with Gasteiger partial charge in [0.15, 0.2) is 0 Å². The fourth-order valence-electron chi connectivity index (χ4n) is 3.10. The van der Waals surface area contributed by atoms with E-state index in [4.69, 9.17) is 11.6 Å². The second kappa shape index (κ2) is 2.94. The number of fused-ring (bicyclic) bond motifs is 1. The van der Waals surface area contributed by atoms with Crippen LogP contribution in [0.4, 0.5) is 0 Å². The molecule has 0 aromatic rings. The molecule has 3 aliphatic rings. The van der Waals surface area contributed by atoms with E-state index in [-0.39, 0.29) is 0 Å². The Balaban J connectivity index is 1.86. The topological polar surface area (TPSA) is 6.48 Å². The third-order valence-electron chi connectivity index (χ3n) is 4.03. The number of rotatable bonds is 1. The first-order valence-corrected chi connectivity index (χ1v) is 6.01. The summed E-state index contributed by atoms with van der Waals surface area (Å²) in [5.41, 5.74) is 0.679. The fraction of sp³-hybridized carbons (Fsp3) is 0.667. The SMILES string of the molecule is C=C(Cl)/C=C1\N(C)CC2CC3(CC3)CN12. The van der Waals surface area contributed by atoms with Crippen molar-refractivity contribution in [3.05, 3.63) is 23.5 Å². The minimum absolute atomic E-state index is 0.634. The Morgan fingerprint density at radius 2 is 2.33 bits per heavy atom. The molecule has 1 unspecified atom stereocenters. The lowest BCUT2D eigenvalue weighted by atomic mass is 10.0. The van der Waals surface area contributed by atoms with Crippen molar-refractivity contribution >= 4 is 11.6 Å². The second-order valence-electron chi connectivity index (χ2n) is 5.32. The molecule has 1 atom stereocenters. The summed E-state index contributed by atoms with van der Waals surface area (Å²) in [6, 6.07) is 0.722. The highest BCUT2D eigenvalue weighted by Crippen LogP contribution is 2.57. The molecule has 1 spiro atoms. The van der Waals surface area contributed by atoms with Gasteiger partial charge in [0.05, 0.1) is 0 Å². The van der Waals surface area contributed by atoms with Gasteiger partial charge in [0.1, 0.15) is 5.82 Å². The van der Waals surface area contributed by atoms with Gasteiger partial charge in [-0.2, -0.15) is 0 Å². The molecular formula is C12H17ClN2. The molecule has 0 aromatic heterocycles. The van der Waals surface area contributed by atoms with E-state index < -0.39 is 0 Å². The summed E-state index contributed by atoms with van der Waals surface area (Å²) in [4.78, 5) is 4.83. The average molecular weight is 225 g/mol. The lowest BCUT2D eigenvalue weighted by Gasteiger charge is -2.21. The lowest BCUT2D eigenvalue weighted by Crippen LogP contribution is -2.23.